The maximum absolute atomic E-state index is 12.3. The molecule has 0 radical (unpaired) electrons. The zero-order valence-electron chi connectivity index (χ0n) is 12.0. The van der Waals surface area contributed by atoms with Crippen LogP contribution in [-0.2, 0) is 11.3 Å². The van der Waals surface area contributed by atoms with Gasteiger partial charge in [0.15, 0.2) is 6.61 Å². The minimum Gasteiger partial charge on any atom is -0.491 e. The number of hydrogen-bond acceptors (Lipinski definition) is 3. The summed E-state index contributed by atoms with van der Waals surface area (Å²) in [5.41, 5.74) is 1.01. The molecule has 0 saturated heterocycles. The molecule has 0 N–H and O–H groups in total. The molecule has 3 rings (SSSR count). The molecule has 0 bridgehead atoms. The highest BCUT2D eigenvalue weighted by atomic mass is 35.5. The predicted octanol–water partition coefficient (Wildman–Crippen LogP) is 3.14. The molecule has 4 nitrogen and oxygen atoms in total. The average Bonchev–Trinajstić information content (AvgIpc) is 2.76. The van der Waals surface area contributed by atoms with Crippen molar-refractivity contribution in [1.82, 2.24) is 4.90 Å². The van der Waals surface area contributed by atoms with Gasteiger partial charge in [-0.1, -0.05) is 29.8 Å². The van der Waals surface area contributed by atoms with Gasteiger partial charge in [-0.05, 0) is 30.3 Å². The molecule has 0 atom stereocenters. The molecule has 0 spiro atoms. The van der Waals surface area contributed by atoms with Gasteiger partial charge in [0.1, 0.15) is 18.1 Å². The Hall–Kier alpha value is -2.20. The molecule has 1 heterocycles. The van der Waals surface area contributed by atoms with Crippen molar-refractivity contribution >= 4 is 17.5 Å². The number of carbonyl (C=O) groups is 1. The summed E-state index contributed by atoms with van der Waals surface area (Å²) in [5.74, 6) is 1.41. The minimum absolute atomic E-state index is 0.00377. The first-order valence-corrected chi connectivity index (χ1v) is 7.47. The molecule has 0 unspecified atom stereocenters. The molecule has 0 aromatic heterocycles. The summed E-state index contributed by atoms with van der Waals surface area (Å²) < 4.78 is 11.2. The summed E-state index contributed by atoms with van der Waals surface area (Å²) >= 11 is 5.82. The van der Waals surface area contributed by atoms with Crippen LogP contribution in [0.2, 0.25) is 5.02 Å². The van der Waals surface area contributed by atoms with E-state index in [1.54, 1.807) is 29.2 Å². The first-order valence-electron chi connectivity index (χ1n) is 7.09. The van der Waals surface area contributed by atoms with Crippen molar-refractivity contribution in [2.75, 3.05) is 19.8 Å². The van der Waals surface area contributed by atoms with E-state index < -0.39 is 0 Å². The third-order valence-electron chi connectivity index (χ3n) is 3.48. The lowest BCUT2D eigenvalue weighted by atomic mass is 10.2. The summed E-state index contributed by atoms with van der Waals surface area (Å²) in [4.78, 5) is 14.1. The average molecular weight is 318 g/mol. The van der Waals surface area contributed by atoms with E-state index in [0.717, 1.165) is 11.3 Å². The Balaban J connectivity index is 1.61. The number of fused-ring (bicyclic) bond motifs is 1. The molecule has 2 aromatic rings. The molecule has 0 aliphatic carbocycles. The van der Waals surface area contributed by atoms with Gasteiger partial charge in [-0.15, -0.1) is 0 Å². The zero-order valence-corrected chi connectivity index (χ0v) is 12.8. The first kappa shape index (κ1) is 14.7. The van der Waals surface area contributed by atoms with E-state index in [0.29, 0.717) is 30.5 Å². The van der Waals surface area contributed by atoms with Crippen LogP contribution < -0.4 is 9.47 Å². The van der Waals surface area contributed by atoms with Crippen LogP contribution in [0.3, 0.4) is 0 Å². The smallest absolute Gasteiger partial charge is 0.260 e. The number of para-hydroxylation sites is 1. The van der Waals surface area contributed by atoms with Gasteiger partial charge in [0.05, 0.1) is 6.54 Å². The lowest BCUT2D eigenvalue weighted by Gasteiger charge is -2.20. The number of rotatable bonds is 3. The second-order valence-electron chi connectivity index (χ2n) is 5.01. The lowest BCUT2D eigenvalue weighted by Crippen LogP contribution is -2.36. The lowest BCUT2D eigenvalue weighted by molar-refractivity contribution is -0.134. The van der Waals surface area contributed by atoms with E-state index in [1.165, 1.54) is 0 Å². The molecule has 114 valence electrons. The molecular formula is C17H16ClNO3. The van der Waals surface area contributed by atoms with Crippen LogP contribution in [0, 0.1) is 0 Å². The highest BCUT2D eigenvalue weighted by molar-refractivity contribution is 6.30. The van der Waals surface area contributed by atoms with Crippen LogP contribution in [0.4, 0.5) is 0 Å². The Bertz CT molecular complexity index is 657. The monoisotopic (exact) mass is 317 g/mol. The van der Waals surface area contributed by atoms with Crippen molar-refractivity contribution in [3.8, 4) is 11.5 Å². The van der Waals surface area contributed by atoms with Crippen LogP contribution in [0.1, 0.15) is 5.56 Å². The van der Waals surface area contributed by atoms with Gasteiger partial charge in [-0.2, -0.15) is 0 Å². The zero-order chi connectivity index (χ0) is 15.4. The topological polar surface area (TPSA) is 38.8 Å². The van der Waals surface area contributed by atoms with E-state index in [-0.39, 0.29) is 12.5 Å². The number of hydrogen-bond donors (Lipinski definition) is 0. The third kappa shape index (κ3) is 3.52. The molecule has 22 heavy (non-hydrogen) atoms. The standard InChI is InChI=1S/C17H16ClNO3/c18-14-5-7-15(8-6-14)22-12-17(20)19-9-10-21-16-4-2-1-3-13(16)11-19/h1-8H,9-12H2. The van der Waals surface area contributed by atoms with E-state index in [4.69, 9.17) is 21.1 Å². The molecular weight excluding hydrogens is 302 g/mol. The second kappa shape index (κ2) is 6.71. The number of carbonyl (C=O) groups excluding carboxylic acids is 1. The summed E-state index contributed by atoms with van der Waals surface area (Å²) in [6, 6.07) is 14.7. The predicted molar refractivity (Wildman–Crippen MR) is 84.3 cm³/mol. The Morgan fingerprint density at radius 2 is 1.95 bits per heavy atom. The van der Waals surface area contributed by atoms with E-state index in [2.05, 4.69) is 0 Å². The Kier molecular flexibility index (Phi) is 4.49. The highest BCUT2D eigenvalue weighted by Crippen LogP contribution is 2.22. The van der Waals surface area contributed by atoms with Crippen molar-refractivity contribution in [2.45, 2.75) is 6.54 Å². The van der Waals surface area contributed by atoms with Crippen LogP contribution >= 0.6 is 11.6 Å². The van der Waals surface area contributed by atoms with Crippen LogP contribution in [0.25, 0.3) is 0 Å². The number of amides is 1. The molecule has 0 fully saturated rings. The van der Waals surface area contributed by atoms with Gasteiger partial charge in [0, 0.05) is 17.1 Å². The maximum Gasteiger partial charge on any atom is 0.260 e. The minimum atomic E-state index is -0.0600. The fraction of sp³-hybridized carbons (Fsp3) is 0.235. The fourth-order valence-corrected chi connectivity index (χ4v) is 2.43. The number of halogens is 1. The number of nitrogens with zero attached hydrogens (tertiary/aromatic N) is 1. The number of ether oxygens (including phenoxy) is 2. The van der Waals surface area contributed by atoms with Crippen LogP contribution in [-0.4, -0.2) is 30.6 Å². The van der Waals surface area contributed by atoms with Crippen molar-refractivity contribution in [2.24, 2.45) is 0 Å². The van der Waals surface area contributed by atoms with Crippen molar-refractivity contribution in [1.29, 1.82) is 0 Å². The van der Waals surface area contributed by atoms with Crippen molar-refractivity contribution in [3.63, 3.8) is 0 Å². The van der Waals surface area contributed by atoms with E-state index >= 15 is 0 Å². The fourth-order valence-electron chi connectivity index (χ4n) is 2.31. The molecule has 5 heteroatoms. The van der Waals surface area contributed by atoms with Crippen LogP contribution in [0.15, 0.2) is 48.5 Å². The normalized spacial score (nSPS) is 13.8. The van der Waals surface area contributed by atoms with Gasteiger partial charge < -0.3 is 14.4 Å². The Labute approximate surface area is 134 Å². The third-order valence-corrected chi connectivity index (χ3v) is 3.73. The summed E-state index contributed by atoms with van der Waals surface area (Å²) in [6.07, 6.45) is 0. The van der Waals surface area contributed by atoms with Crippen molar-refractivity contribution in [3.05, 3.63) is 59.1 Å². The summed E-state index contributed by atoms with van der Waals surface area (Å²) in [5, 5.41) is 0.639. The highest BCUT2D eigenvalue weighted by Gasteiger charge is 2.19. The van der Waals surface area contributed by atoms with Gasteiger partial charge in [0.25, 0.3) is 5.91 Å². The largest absolute Gasteiger partial charge is 0.491 e. The molecule has 2 aromatic carbocycles. The van der Waals surface area contributed by atoms with E-state index in [1.807, 2.05) is 24.3 Å². The van der Waals surface area contributed by atoms with Gasteiger partial charge in [0.2, 0.25) is 0 Å². The van der Waals surface area contributed by atoms with Gasteiger partial charge >= 0.3 is 0 Å². The van der Waals surface area contributed by atoms with Gasteiger partial charge in [-0.25, -0.2) is 0 Å². The molecule has 1 aliphatic heterocycles. The van der Waals surface area contributed by atoms with E-state index in [9.17, 15) is 4.79 Å². The quantitative estimate of drug-likeness (QED) is 0.873. The number of benzene rings is 2. The van der Waals surface area contributed by atoms with Crippen molar-refractivity contribution < 1.29 is 14.3 Å². The summed E-state index contributed by atoms with van der Waals surface area (Å²) in [6.45, 7) is 1.59. The molecule has 1 amide bonds. The van der Waals surface area contributed by atoms with Gasteiger partial charge in [-0.3, -0.25) is 4.79 Å². The molecule has 1 aliphatic rings. The van der Waals surface area contributed by atoms with Crippen LogP contribution in [0.5, 0.6) is 11.5 Å². The second-order valence-corrected chi connectivity index (χ2v) is 5.45. The SMILES string of the molecule is O=C(COc1ccc(Cl)cc1)N1CCOc2ccccc2C1. The summed E-state index contributed by atoms with van der Waals surface area (Å²) in [7, 11) is 0. The Morgan fingerprint density at radius 3 is 2.77 bits per heavy atom. The molecule has 0 saturated carbocycles. The first-order chi connectivity index (χ1) is 10.7. The maximum atomic E-state index is 12.3. The Morgan fingerprint density at radius 1 is 1.18 bits per heavy atom.